The second-order valence-corrected chi connectivity index (χ2v) is 9.75. The normalized spacial score (nSPS) is 21.0. The number of methoxy groups -OCH3 is 2. The highest BCUT2D eigenvalue weighted by Gasteiger charge is 2.42. The maximum atomic E-state index is 13.6. The van der Waals surface area contributed by atoms with Crippen molar-refractivity contribution >= 4 is 23.1 Å². The van der Waals surface area contributed by atoms with Crippen molar-refractivity contribution in [1.82, 2.24) is 5.32 Å². The molecule has 7 heteroatoms. The van der Waals surface area contributed by atoms with Crippen LogP contribution in [0.2, 0.25) is 0 Å². The minimum atomic E-state index is -0.411. The van der Waals surface area contributed by atoms with E-state index in [1.165, 1.54) is 0 Å². The highest BCUT2D eigenvalue weighted by atomic mass is 32.1. The molecule has 0 bridgehead atoms. The van der Waals surface area contributed by atoms with E-state index in [-0.39, 0.29) is 23.8 Å². The molecule has 0 fully saturated rings. The maximum absolute atomic E-state index is 13.6. The number of rotatable bonds is 7. The van der Waals surface area contributed by atoms with Crippen molar-refractivity contribution in [3.8, 4) is 11.5 Å². The summed E-state index contributed by atoms with van der Waals surface area (Å²) < 4.78 is 16.5. The van der Waals surface area contributed by atoms with Crippen LogP contribution in [-0.2, 0) is 14.3 Å². The van der Waals surface area contributed by atoms with Gasteiger partial charge >= 0.3 is 5.97 Å². The fraction of sp³-hybridized carbons (Fsp3) is 0.407. The van der Waals surface area contributed by atoms with Gasteiger partial charge in [-0.3, -0.25) is 4.79 Å². The minimum absolute atomic E-state index is 0.00366. The van der Waals surface area contributed by atoms with Crippen molar-refractivity contribution in [3.63, 3.8) is 0 Å². The SMILES string of the molecule is CC[C@@H](C)OC(=O)C1=C(C)NC2=C(C(=O)C[C@H](c3ccc(OC)c(OC)c3)C2)[C@@H]1c1cccs1. The molecule has 0 spiro atoms. The van der Waals surface area contributed by atoms with E-state index in [0.717, 1.165) is 28.3 Å². The molecule has 0 unspecified atom stereocenters. The number of ether oxygens (including phenoxy) is 3. The van der Waals surface area contributed by atoms with Crippen LogP contribution in [-0.4, -0.2) is 32.1 Å². The zero-order valence-electron chi connectivity index (χ0n) is 20.3. The van der Waals surface area contributed by atoms with Crippen molar-refractivity contribution in [2.24, 2.45) is 0 Å². The van der Waals surface area contributed by atoms with Gasteiger partial charge in [0, 0.05) is 28.3 Å². The second-order valence-electron chi connectivity index (χ2n) is 8.77. The first-order valence-electron chi connectivity index (χ1n) is 11.6. The number of hydrogen-bond acceptors (Lipinski definition) is 7. The standard InChI is InChI=1S/C27H31NO5S/c1-6-15(2)33-27(30)24-16(3)28-19-12-18(17-9-10-21(31-4)22(14-17)32-5)13-20(29)25(19)26(24)23-8-7-11-34-23/h7-11,14-15,18,26,28H,6,12-13H2,1-5H3/t15-,18-,26-/m1/s1. The number of carbonyl (C=O) groups excluding carboxylic acids is 2. The first-order chi connectivity index (χ1) is 16.4. The smallest absolute Gasteiger partial charge is 0.337 e. The number of allylic oxidation sites excluding steroid dienone is 3. The molecule has 0 saturated carbocycles. The Bertz CT molecular complexity index is 1150. The van der Waals surface area contributed by atoms with Gasteiger partial charge in [0.05, 0.1) is 31.8 Å². The lowest BCUT2D eigenvalue weighted by atomic mass is 9.73. The summed E-state index contributed by atoms with van der Waals surface area (Å²) in [7, 11) is 3.21. The van der Waals surface area contributed by atoms with E-state index in [1.54, 1.807) is 25.6 Å². The number of Topliss-reactive ketones (excluding diaryl/α,β-unsaturated/α-hetero) is 1. The van der Waals surface area contributed by atoms with Crippen LogP contribution in [0, 0.1) is 0 Å². The average Bonchev–Trinajstić information content (AvgIpc) is 3.37. The lowest BCUT2D eigenvalue weighted by Gasteiger charge is -2.36. The van der Waals surface area contributed by atoms with Gasteiger partial charge in [-0.15, -0.1) is 11.3 Å². The number of benzene rings is 1. The van der Waals surface area contributed by atoms with Crippen molar-refractivity contribution in [1.29, 1.82) is 0 Å². The summed E-state index contributed by atoms with van der Waals surface area (Å²) in [4.78, 5) is 27.8. The Morgan fingerprint density at radius 2 is 1.94 bits per heavy atom. The van der Waals surface area contributed by atoms with E-state index in [0.29, 0.717) is 35.5 Å². The Morgan fingerprint density at radius 1 is 1.18 bits per heavy atom. The Labute approximate surface area is 204 Å². The molecule has 0 saturated heterocycles. The molecular formula is C27H31NO5S. The van der Waals surface area contributed by atoms with Gasteiger partial charge in [-0.05, 0) is 61.7 Å². The molecule has 0 radical (unpaired) electrons. The number of ketones is 1. The number of esters is 1. The second kappa shape index (κ2) is 10.1. The van der Waals surface area contributed by atoms with Gasteiger partial charge in [0.15, 0.2) is 17.3 Å². The molecule has 2 heterocycles. The van der Waals surface area contributed by atoms with Crippen LogP contribution >= 0.6 is 11.3 Å². The summed E-state index contributed by atoms with van der Waals surface area (Å²) in [6.45, 7) is 5.76. The van der Waals surface area contributed by atoms with Crippen LogP contribution in [0.4, 0.5) is 0 Å². The van der Waals surface area contributed by atoms with Crippen molar-refractivity contribution in [3.05, 3.63) is 68.7 Å². The molecule has 1 aliphatic heterocycles. The topological polar surface area (TPSA) is 73.9 Å². The third kappa shape index (κ3) is 4.49. The molecular weight excluding hydrogens is 450 g/mol. The third-order valence-corrected chi connectivity index (χ3v) is 7.57. The fourth-order valence-corrected chi connectivity index (χ4v) is 5.56. The molecule has 1 aromatic carbocycles. The molecule has 1 aromatic heterocycles. The van der Waals surface area contributed by atoms with Gasteiger partial charge in [0.25, 0.3) is 0 Å². The molecule has 6 nitrogen and oxygen atoms in total. The minimum Gasteiger partial charge on any atom is -0.493 e. The highest BCUT2D eigenvalue weighted by Crippen LogP contribution is 2.47. The number of carbonyl (C=O) groups is 2. The molecule has 2 aromatic rings. The Kier molecular flexibility index (Phi) is 7.12. The van der Waals surface area contributed by atoms with Crippen LogP contribution in [0.15, 0.2) is 58.3 Å². The van der Waals surface area contributed by atoms with Crippen LogP contribution in [0.5, 0.6) is 11.5 Å². The fourth-order valence-electron chi connectivity index (χ4n) is 4.72. The average molecular weight is 482 g/mol. The van der Waals surface area contributed by atoms with Crippen molar-refractivity contribution in [2.45, 2.75) is 58.0 Å². The van der Waals surface area contributed by atoms with Gasteiger partial charge in [-0.2, -0.15) is 0 Å². The summed E-state index contributed by atoms with van der Waals surface area (Å²) in [6.07, 6.45) is 1.58. The maximum Gasteiger partial charge on any atom is 0.337 e. The third-order valence-electron chi connectivity index (χ3n) is 6.64. The van der Waals surface area contributed by atoms with E-state index in [2.05, 4.69) is 5.32 Å². The molecule has 4 rings (SSSR count). The predicted molar refractivity (Wildman–Crippen MR) is 132 cm³/mol. The van der Waals surface area contributed by atoms with E-state index >= 15 is 0 Å². The van der Waals surface area contributed by atoms with Crippen molar-refractivity contribution in [2.75, 3.05) is 14.2 Å². The molecule has 0 amide bonds. The Hall–Kier alpha value is -3.06. The monoisotopic (exact) mass is 481 g/mol. The Balaban J connectivity index is 1.72. The van der Waals surface area contributed by atoms with Gasteiger partial charge in [0.1, 0.15) is 0 Å². The van der Waals surface area contributed by atoms with E-state index in [4.69, 9.17) is 14.2 Å². The van der Waals surface area contributed by atoms with E-state index < -0.39 is 5.92 Å². The number of nitrogens with one attached hydrogen (secondary N) is 1. The summed E-state index contributed by atoms with van der Waals surface area (Å²) in [6, 6.07) is 9.75. The molecule has 3 atom stereocenters. The quantitative estimate of drug-likeness (QED) is 0.529. The molecule has 1 aliphatic carbocycles. The lowest BCUT2D eigenvalue weighted by Crippen LogP contribution is -2.36. The number of thiophene rings is 1. The molecule has 1 N–H and O–H groups in total. The van der Waals surface area contributed by atoms with Gasteiger partial charge in [0.2, 0.25) is 0 Å². The Morgan fingerprint density at radius 3 is 2.59 bits per heavy atom. The van der Waals surface area contributed by atoms with Crippen LogP contribution in [0.1, 0.15) is 62.3 Å². The zero-order valence-corrected chi connectivity index (χ0v) is 21.1. The molecule has 34 heavy (non-hydrogen) atoms. The summed E-state index contributed by atoms with van der Waals surface area (Å²) >= 11 is 1.55. The lowest BCUT2D eigenvalue weighted by molar-refractivity contribution is -0.143. The van der Waals surface area contributed by atoms with Gasteiger partial charge in [-0.1, -0.05) is 19.1 Å². The van der Waals surface area contributed by atoms with Gasteiger partial charge < -0.3 is 19.5 Å². The molecule has 2 aliphatic rings. The highest BCUT2D eigenvalue weighted by molar-refractivity contribution is 7.10. The molecule has 180 valence electrons. The number of hydrogen-bond donors (Lipinski definition) is 1. The zero-order chi connectivity index (χ0) is 24.4. The first kappa shape index (κ1) is 24.1. The largest absolute Gasteiger partial charge is 0.493 e. The van der Waals surface area contributed by atoms with Crippen LogP contribution in [0.3, 0.4) is 0 Å². The van der Waals surface area contributed by atoms with E-state index in [9.17, 15) is 9.59 Å². The van der Waals surface area contributed by atoms with E-state index in [1.807, 2.05) is 56.5 Å². The van der Waals surface area contributed by atoms with Crippen molar-refractivity contribution < 1.29 is 23.8 Å². The summed E-state index contributed by atoms with van der Waals surface area (Å²) in [5.41, 5.74) is 3.86. The summed E-state index contributed by atoms with van der Waals surface area (Å²) in [5, 5.41) is 5.38. The number of dihydropyridines is 1. The van der Waals surface area contributed by atoms with Crippen LogP contribution < -0.4 is 14.8 Å². The summed E-state index contributed by atoms with van der Waals surface area (Å²) in [5.74, 6) is 0.583. The predicted octanol–water partition coefficient (Wildman–Crippen LogP) is 5.47. The van der Waals surface area contributed by atoms with Crippen LogP contribution in [0.25, 0.3) is 0 Å². The van der Waals surface area contributed by atoms with Gasteiger partial charge in [-0.25, -0.2) is 4.79 Å². The first-order valence-corrected chi connectivity index (χ1v) is 12.5.